The Morgan fingerprint density at radius 2 is 0.641 bits per heavy atom. The maximum atomic E-state index is 12.8. The van der Waals surface area contributed by atoms with Crippen molar-refractivity contribution in [2.45, 2.75) is 200 Å². The normalized spacial score (nSPS) is 13.2. The average molecular weight is 883 g/mol. The van der Waals surface area contributed by atoms with E-state index in [2.05, 4.69) is 130 Å². The summed E-state index contributed by atoms with van der Waals surface area (Å²) in [5.41, 5.74) is 0. The molecule has 0 aromatic heterocycles. The molecular formula is C58H90O6. The number of carbonyl (C=O) groups is 3. The van der Waals surface area contributed by atoms with E-state index in [0.717, 1.165) is 135 Å². The van der Waals surface area contributed by atoms with Gasteiger partial charge in [-0.05, 0) is 109 Å². The summed E-state index contributed by atoms with van der Waals surface area (Å²) in [6.07, 6.45) is 71.5. The molecule has 0 aromatic carbocycles. The van der Waals surface area contributed by atoms with Gasteiger partial charge in [-0.1, -0.05) is 199 Å². The number of allylic oxidation sites excluding steroid dienone is 22. The van der Waals surface area contributed by atoms with Crippen LogP contribution in [0, 0.1) is 0 Å². The molecule has 0 fully saturated rings. The topological polar surface area (TPSA) is 78.9 Å². The smallest absolute Gasteiger partial charge is 0.306 e. The third-order valence-electron chi connectivity index (χ3n) is 9.98. The van der Waals surface area contributed by atoms with E-state index in [4.69, 9.17) is 14.2 Å². The van der Waals surface area contributed by atoms with Crippen LogP contribution in [-0.4, -0.2) is 37.2 Å². The first-order valence-corrected chi connectivity index (χ1v) is 25.2. The van der Waals surface area contributed by atoms with Crippen molar-refractivity contribution in [1.29, 1.82) is 0 Å². The summed E-state index contributed by atoms with van der Waals surface area (Å²) in [6, 6.07) is 0. The van der Waals surface area contributed by atoms with E-state index in [1.165, 1.54) is 12.8 Å². The van der Waals surface area contributed by atoms with Crippen LogP contribution in [-0.2, 0) is 28.6 Å². The van der Waals surface area contributed by atoms with E-state index < -0.39 is 6.10 Å². The third kappa shape index (κ3) is 48.6. The molecule has 6 nitrogen and oxygen atoms in total. The van der Waals surface area contributed by atoms with E-state index in [1.54, 1.807) is 0 Å². The Morgan fingerprint density at radius 3 is 1.09 bits per heavy atom. The van der Waals surface area contributed by atoms with Gasteiger partial charge in [0.05, 0.1) is 0 Å². The standard InChI is InChI=1S/C58H90O6/c1-4-7-10-13-16-19-22-25-27-28-29-30-32-33-36-39-42-45-48-51-57(60)63-54-55(53-62-56(59)50-47-44-41-38-35-24-21-18-15-12-9-6-3)64-58(61)52-49-46-43-40-37-34-31-26-23-20-17-14-11-8-5-2/h7-12,14,16-21,23,25-27,29-31,35,38,55H,4-6,13,15,22,24,28,32-34,36-37,39-54H2,1-3H3/b10-7-,11-8-,12-9-,17-14-,19-16-,21-18-,23-20-,27-25-,30-29-,31-26-,38-35-. The minimum Gasteiger partial charge on any atom is -0.462 e. The number of unbranched alkanes of at least 4 members (excludes halogenated alkanes) is 13. The number of rotatable bonds is 43. The molecule has 0 spiro atoms. The van der Waals surface area contributed by atoms with Crippen molar-refractivity contribution >= 4 is 17.9 Å². The lowest BCUT2D eigenvalue weighted by atomic mass is 10.1. The fourth-order valence-corrected chi connectivity index (χ4v) is 6.28. The number of hydrogen-bond acceptors (Lipinski definition) is 6. The maximum Gasteiger partial charge on any atom is 0.306 e. The molecule has 64 heavy (non-hydrogen) atoms. The molecule has 6 heteroatoms. The van der Waals surface area contributed by atoms with Gasteiger partial charge in [0, 0.05) is 19.3 Å². The molecule has 358 valence electrons. The van der Waals surface area contributed by atoms with Gasteiger partial charge in [-0.15, -0.1) is 0 Å². The summed E-state index contributed by atoms with van der Waals surface area (Å²) in [5, 5.41) is 0. The van der Waals surface area contributed by atoms with Crippen molar-refractivity contribution in [3.8, 4) is 0 Å². The van der Waals surface area contributed by atoms with Gasteiger partial charge < -0.3 is 14.2 Å². The second-order valence-electron chi connectivity index (χ2n) is 16.0. The molecule has 0 saturated heterocycles. The highest BCUT2D eigenvalue weighted by atomic mass is 16.6. The number of esters is 3. The average Bonchev–Trinajstić information content (AvgIpc) is 3.29. The summed E-state index contributed by atoms with van der Waals surface area (Å²) in [4.78, 5) is 37.9. The zero-order chi connectivity index (χ0) is 46.5. The molecule has 0 amide bonds. The van der Waals surface area contributed by atoms with Crippen molar-refractivity contribution in [1.82, 2.24) is 0 Å². The summed E-state index contributed by atoms with van der Waals surface area (Å²) < 4.78 is 16.7. The van der Waals surface area contributed by atoms with Crippen LogP contribution in [0.15, 0.2) is 134 Å². The highest BCUT2D eigenvalue weighted by molar-refractivity contribution is 5.71. The molecule has 0 aromatic rings. The van der Waals surface area contributed by atoms with Crippen LogP contribution in [0.3, 0.4) is 0 Å². The lowest BCUT2D eigenvalue weighted by Crippen LogP contribution is -2.30. The molecular weight excluding hydrogens is 793 g/mol. The van der Waals surface area contributed by atoms with Gasteiger partial charge in [0.1, 0.15) is 13.2 Å². The van der Waals surface area contributed by atoms with Gasteiger partial charge in [-0.25, -0.2) is 0 Å². The highest BCUT2D eigenvalue weighted by Gasteiger charge is 2.19. The Morgan fingerprint density at radius 1 is 0.328 bits per heavy atom. The largest absolute Gasteiger partial charge is 0.462 e. The Labute approximate surface area is 392 Å². The molecule has 1 atom stereocenters. The zero-order valence-electron chi connectivity index (χ0n) is 40.7. The quantitative estimate of drug-likeness (QED) is 0.0200. The summed E-state index contributed by atoms with van der Waals surface area (Å²) in [6.45, 7) is 6.18. The predicted octanol–water partition coefficient (Wildman–Crippen LogP) is 16.7. The number of ether oxygens (including phenoxy) is 3. The molecule has 1 unspecified atom stereocenters. The van der Waals surface area contributed by atoms with E-state index in [0.29, 0.717) is 19.3 Å². The molecule has 0 radical (unpaired) electrons. The summed E-state index contributed by atoms with van der Waals surface area (Å²) in [7, 11) is 0. The second-order valence-corrected chi connectivity index (χ2v) is 16.0. The van der Waals surface area contributed by atoms with Crippen molar-refractivity contribution in [2.24, 2.45) is 0 Å². The Hall–Kier alpha value is -4.45. The Bertz CT molecular complexity index is 1430. The summed E-state index contributed by atoms with van der Waals surface area (Å²) >= 11 is 0. The molecule has 0 aliphatic heterocycles. The Balaban J connectivity index is 4.50. The first-order valence-electron chi connectivity index (χ1n) is 25.2. The minimum absolute atomic E-state index is 0.113. The van der Waals surface area contributed by atoms with Crippen LogP contribution >= 0.6 is 0 Å². The van der Waals surface area contributed by atoms with Crippen LogP contribution in [0.4, 0.5) is 0 Å². The van der Waals surface area contributed by atoms with Crippen molar-refractivity contribution in [3.63, 3.8) is 0 Å². The molecule has 0 rings (SSSR count). The lowest BCUT2D eigenvalue weighted by Gasteiger charge is -2.18. The molecule has 0 heterocycles. The van der Waals surface area contributed by atoms with E-state index in [9.17, 15) is 14.4 Å². The Kier molecular flexibility index (Phi) is 47.6. The van der Waals surface area contributed by atoms with E-state index in [-0.39, 0.29) is 37.5 Å². The molecule has 0 N–H and O–H groups in total. The maximum absolute atomic E-state index is 12.8. The molecule has 0 saturated carbocycles. The van der Waals surface area contributed by atoms with Crippen molar-refractivity contribution in [3.05, 3.63) is 134 Å². The van der Waals surface area contributed by atoms with Gasteiger partial charge in [0.2, 0.25) is 0 Å². The first kappa shape index (κ1) is 59.5. The highest BCUT2D eigenvalue weighted by Crippen LogP contribution is 2.12. The third-order valence-corrected chi connectivity index (χ3v) is 9.98. The van der Waals surface area contributed by atoms with Crippen molar-refractivity contribution < 1.29 is 28.6 Å². The predicted molar refractivity (Wildman–Crippen MR) is 274 cm³/mol. The van der Waals surface area contributed by atoms with Gasteiger partial charge in [0.15, 0.2) is 6.10 Å². The van der Waals surface area contributed by atoms with Crippen LogP contribution in [0.5, 0.6) is 0 Å². The number of carbonyl (C=O) groups excluding carboxylic acids is 3. The van der Waals surface area contributed by atoms with Gasteiger partial charge in [-0.3, -0.25) is 14.4 Å². The minimum atomic E-state index is -0.817. The SMILES string of the molecule is CC\C=C/C=C\C=C/C=C\CCCCCCCC(=O)OC(COC(=O)CCCC/C=C\C/C=C\C/C=C\CC)COC(=O)CCCCCCCC/C=C\C/C=C\C/C=C\C/C=C\CC. The fourth-order valence-electron chi connectivity index (χ4n) is 6.28. The number of hydrogen-bond donors (Lipinski definition) is 0. The van der Waals surface area contributed by atoms with Crippen LogP contribution in [0.25, 0.3) is 0 Å². The van der Waals surface area contributed by atoms with E-state index >= 15 is 0 Å². The van der Waals surface area contributed by atoms with Crippen LogP contribution in [0.2, 0.25) is 0 Å². The molecule has 0 aliphatic rings. The lowest BCUT2D eigenvalue weighted by molar-refractivity contribution is -0.167. The fraction of sp³-hybridized carbons (Fsp3) is 0.569. The molecule has 0 aliphatic carbocycles. The monoisotopic (exact) mass is 883 g/mol. The first-order chi connectivity index (χ1) is 31.5. The molecule has 0 bridgehead atoms. The van der Waals surface area contributed by atoms with Gasteiger partial charge in [-0.2, -0.15) is 0 Å². The summed E-state index contributed by atoms with van der Waals surface area (Å²) in [5.74, 6) is -1.00. The van der Waals surface area contributed by atoms with Crippen LogP contribution in [0.1, 0.15) is 194 Å². The van der Waals surface area contributed by atoms with Gasteiger partial charge >= 0.3 is 17.9 Å². The van der Waals surface area contributed by atoms with Gasteiger partial charge in [0.25, 0.3) is 0 Å². The van der Waals surface area contributed by atoms with Crippen molar-refractivity contribution in [2.75, 3.05) is 13.2 Å². The van der Waals surface area contributed by atoms with E-state index in [1.807, 2.05) is 24.3 Å². The second kappa shape index (κ2) is 51.2. The zero-order valence-corrected chi connectivity index (χ0v) is 40.7. The van der Waals surface area contributed by atoms with Crippen LogP contribution < -0.4 is 0 Å².